The SMILES string of the molecule is Cc1ccc(NC(=O)CCNC(=O)Nc2ccc(N(C)C)cc2C(F)(F)F)nc1. The number of alkyl halides is 3. The van der Waals surface area contributed by atoms with E-state index in [1.807, 2.05) is 6.92 Å². The first kappa shape index (κ1) is 22.0. The van der Waals surface area contributed by atoms with Crippen LogP contribution in [0, 0.1) is 6.92 Å². The minimum absolute atomic E-state index is 0.0549. The Morgan fingerprint density at radius 1 is 1.10 bits per heavy atom. The van der Waals surface area contributed by atoms with Gasteiger partial charge in [0.2, 0.25) is 5.91 Å². The molecule has 1 aromatic heterocycles. The molecule has 2 rings (SSSR count). The third-order valence-corrected chi connectivity index (χ3v) is 3.89. The second-order valence-corrected chi connectivity index (χ2v) is 6.52. The number of hydrogen-bond acceptors (Lipinski definition) is 4. The summed E-state index contributed by atoms with van der Waals surface area (Å²) >= 11 is 0. The molecule has 0 saturated heterocycles. The van der Waals surface area contributed by atoms with Crippen LogP contribution in [0.25, 0.3) is 0 Å². The highest BCUT2D eigenvalue weighted by Crippen LogP contribution is 2.37. The van der Waals surface area contributed by atoms with Crippen LogP contribution in [0.3, 0.4) is 0 Å². The minimum Gasteiger partial charge on any atom is -0.378 e. The predicted molar refractivity (Wildman–Crippen MR) is 105 cm³/mol. The maximum Gasteiger partial charge on any atom is 0.418 e. The number of nitrogens with zero attached hydrogens (tertiary/aromatic N) is 2. The van der Waals surface area contributed by atoms with Crippen molar-refractivity contribution in [2.45, 2.75) is 19.5 Å². The number of pyridine rings is 1. The molecule has 7 nitrogen and oxygen atoms in total. The number of aromatic nitrogens is 1. The molecule has 0 aliphatic rings. The first-order valence-corrected chi connectivity index (χ1v) is 8.72. The highest BCUT2D eigenvalue weighted by molar-refractivity contribution is 5.92. The molecule has 0 aliphatic carbocycles. The first-order chi connectivity index (χ1) is 13.6. The van der Waals surface area contributed by atoms with Crippen LogP contribution in [0.1, 0.15) is 17.5 Å². The van der Waals surface area contributed by atoms with E-state index in [-0.39, 0.29) is 24.6 Å². The number of aryl methyl sites for hydroxylation is 1. The van der Waals surface area contributed by atoms with Crippen LogP contribution in [0.4, 0.5) is 35.2 Å². The Bertz CT molecular complexity index is 867. The van der Waals surface area contributed by atoms with Crippen molar-refractivity contribution in [3.63, 3.8) is 0 Å². The molecule has 0 unspecified atom stereocenters. The summed E-state index contributed by atoms with van der Waals surface area (Å²) in [6.45, 7) is 1.81. The fourth-order valence-corrected chi connectivity index (χ4v) is 2.36. The van der Waals surface area contributed by atoms with Gasteiger partial charge in [-0.25, -0.2) is 9.78 Å². The third-order valence-electron chi connectivity index (χ3n) is 3.89. The predicted octanol–water partition coefficient (Wildman–Crippen LogP) is 3.63. The van der Waals surface area contributed by atoms with Gasteiger partial charge in [0, 0.05) is 38.9 Å². The molecular formula is C19H22F3N5O2. The van der Waals surface area contributed by atoms with E-state index >= 15 is 0 Å². The van der Waals surface area contributed by atoms with Gasteiger partial charge in [0.05, 0.1) is 11.3 Å². The zero-order valence-corrected chi connectivity index (χ0v) is 16.2. The van der Waals surface area contributed by atoms with E-state index in [4.69, 9.17) is 0 Å². The zero-order valence-electron chi connectivity index (χ0n) is 16.2. The maximum atomic E-state index is 13.3. The Morgan fingerprint density at radius 2 is 1.83 bits per heavy atom. The average molecular weight is 409 g/mol. The smallest absolute Gasteiger partial charge is 0.378 e. The molecule has 2 aromatic rings. The standard InChI is InChI=1S/C19H22F3N5O2/c1-12-4-7-16(24-11-12)26-17(28)8-9-23-18(29)25-15-6-5-13(27(2)3)10-14(15)19(20,21)22/h4-7,10-11H,8-9H2,1-3H3,(H2,23,25,29)(H,24,26,28). The van der Waals surface area contributed by atoms with Crippen molar-refractivity contribution in [1.29, 1.82) is 0 Å². The molecule has 29 heavy (non-hydrogen) atoms. The topological polar surface area (TPSA) is 86.4 Å². The van der Waals surface area contributed by atoms with Gasteiger partial charge in [-0.05, 0) is 36.8 Å². The van der Waals surface area contributed by atoms with E-state index in [2.05, 4.69) is 20.9 Å². The molecule has 0 spiro atoms. The van der Waals surface area contributed by atoms with Crippen molar-refractivity contribution in [1.82, 2.24) is 10.3 Å². The molecule has 10 heteroatoms. The molecule has 0 radical (unpaired) electrons. The number of carbonyl (C=O) groups excluding carboxylic acids is 2. The van der Waals surface area contributed by atoms with E-state index in [9.17, 15) is 22.8 Å². The number of urea groups is 1. The van der Waals surface area contributed by atoms with Crippen LogP contribution in [-0.4, -0.2) is 37.6 Å². The van der Waals surface area contributed by atoms with Crippen LogP contribution >= 0.6 is 0 Å². The van der Waals surface area contributed by atoms with Gasteiger partial charge in [-0.1, -0.05) is 6.07 Å². The monoisotopic (exact) mass is 409 g/mol. The first-order valence-electron chi connectivity index (χ1n) is 8.72. The normalized spacial score (nSPS) is 11.0. The maximum absolute atomic E-state index is 13.3. The number of halogens is 3. The zero-order chi connectivity index (χ0) is 21.6. The molecule has 0 fully saturated rings. The van der Waals surface area contributed by atoms with Crippen LogP contribution in [0.2, 0.25) is 0 Å². The van der Waals surface area contributed by atoms with Gasteiger partial charge in [0.15, 0.2) is 0 Å². The summed E-state index contributed by atoms with van der Waals surface area (Å²) in [6, 6.07) is 6.20. The third kappa shape index (κ3) is 6.66. The molecule has 0 bridgehead atoms. The number of benzene rings is 1. The highest BCUT2D eigenvalue weighted by atomic mass is 19.4. The quantitative estimate of drug-likeness (QED) is 0.680. The van der Waals surface area contributed by atoms with Crippen molar-refractivity contribution < 1.29 is 22.8 Å². The Morgan fingerprint density at radius 3 is 2.41 bits per heavy atom. The second-order valence-electron chi connectivity index (χ2n) is 6.52. The number of amides is 3. The number of rotatable bonds is 6. The molecule has 1 aromatic carbocycles. The van der Waals surface area contributed by atoms with Gasteiger partial charge in [-0.15, -0.1) is 0 Å². The lowest BCUT2D eigenvalue weighted by Crippen LogP contribution is -2.32. The summed E-state index contributed by atoms with van der Waals surface area (Å²) in [5.74, 6) is -0.00572. The van der Waals surface area contributed by atoms with E-state index in [1.165, 1.54) is 17.0 Å². The lowest BCUT2D eigenvalue weighted by molar-refractivity contribution is -0.136. The molecule has 3 N–H and O–H groups in total. The molecule has 1 heterocycles. The molecule has 156 valence electrons. The molecule has 0 aliphatic heterocycles. The van der Waals surface area contributed by atoms with Crippen LogP contribution in [0.15, 0.2) is 36.5 Å². The lowest BCUT2D eigenvalue weighted by atomic mass is 10.1. The second kappa shape index (κ2) is 9.26. The molecule has 0 atom stereocenters. The summed E-state index contributed by atoms with van der Waals surface area (Å²) in [6.07, 6.45) is -3.09. The van der Waals surface area contributed by atoms with Gasteiger partial charge < -0.3 is 20.9 Å². The van der Waals surface area contributed by atoms with Crippen LogP contribution in [0.5, 0.6) is 0 Å². The number of anilines is 3. The average Bonchev–Trinajstić information content (AvgIpc) is 2.63. The van der Waals surface area contributed by atoms with Gasteiger partial charge in [0.1, 0.15) is 5.82 Å². The summed E-state index contributed by atoms with van der Waals surface area (Å²) < 4.78 is 39.8. The summed E-state index contributed by atoms with van der Waals surface area (Å²) in [5.41, 5.74) is -0.0289. The van der Waals surface area contributed by atoms with Crippen LogP contribution < -0.4 is 20.9 Å². The van der Waals surface area contributed by atoms with Gasteiger partial charge in [-0.2, -0.15) is 13.2 Å². The minimum atomic E-state index is -4.63. The molecule has 0 saturated carbocycles. The van der Waals surface area contributed by atoms with Gasteiger partial charge in [-0.3, -0.25) is 4.79 Å². The Labute approximate surface area is 166 Å². The summed E-state index contributed by atoms with van der Waals surface area (Å²) in [5, 5.41) is 7.11. The Hall–Kier alpha value is -3.30. The highest BCUT2D eigenvalue weighted by Gasteiger charge is 2.34. The van der Waals surface area contributed by atoms with Gasteiger partial charge in [0.25, 0.3) is 0 Å². The summed E-state index contributed by atoms with van der Waals surface area (Å²) in [7, 11) is 3.24. The number of hydrogen-bond donors (Lipinski definition) is 3. The molecule has 3 amide bonds. The van der Waals surface area contributed by atoms with E-state index in [0.717, 1.165) is 11.6 Å². The fraction of sp³-hybridized carbons (Fsp3) is 0.316. The van der Waals surface area contributed by atoms with Crippen molar-refractivity contribution in [2.75, 3.05) is 36.2 Å². The number of nitrogens with one attached hydrogen (secondary N) is 3. The number of carbonyl (C=O) groups is 2. The fourth-order valence-electron chi connectivity index (χ4n) is 2.36. The Kier molecular flexibility index (Phi) is 7.03. The van der Waals surface area contributed by atoms with Crippen molar-refractivity contribution >= 4 is 29.1 Å². The lowest BCUT2D eigenvalue weighted by Gasteiger charge is -2.19. The Balaban J connectivity index is 1.90. The van der Waals surface area contributed by atoms with Crippen molar-refractivity contribution in [3.8, 4) is 0 Å². The van der Waals surface area contributed by atoms with Crippen molar-refractivity contribution in [3.05, 3.63) is 47.7 Å². The van der Waals surface area contributed by atoms with E-state index < -0.39 is 17.8 Å². The largest absolute Gasteiger partial charge is 0.418 e. The molecular weight excluding hydrogens is 387 g/mol. The van der Waals surface area contributed by atoms with E-state index in [1.54, 1.807) is 32.4 Å². The van der Waals surface area contributed by atoms with Crippen LogP contribution in [-0.2, 0) is 11.0 Å². The van der Waals surface area contributed by atoms with Crippen molar-refractivity contribution in [2.24, 2.45) is 0 Å². The summed E-state index contributed by atoms with van der Waals surface area (Å²) in [4.78, 5) is 29.3. The van der Waals surface area contributed by atoms with E-state index in [0.29, 0.717) is 11.5 Å². The van der Waals surface area contributed by atoms with Gasteiger partial charge >= 0.3 is 12.2 Å².